The van der Waals surface area contributed by atoms with E-state index in [4.69, 9.17) is 22.9 Å². The molecule has 0 aromatic carbocycles. The van der Waals surface area contributed by atoms with Crippen LogP contribution in [0.3, 0.4) is 0 Å². The zero-order valence-corrected chi connectivity index (χ0v) is 46.9. The topological polar surface area (TPSA) is 442 Å². The summed E-state index contributed by atoms with van der Waals surface area (Å²) in [4.78, 5) is 177. The highest BCUT2D eigenvalue weighted by molar-refractivity contribution is 5.99. The fourth-order valence-corrected chi connectivity index (χ4v) is 11.7. The Morgan fingerprint density at radius 2 is 1.04 bits per heavy atom. The van der Waals surface area contributed by atoms with Gasteiger partial charge in [-0.15, -0.1) is 0 Å². The Morgan fingerprint density at radius 1 is 0.573 bits per heavy atom. The van der Waals surface area contributed by atoms with Crippen LogP contribution in [0, 0.1) is 5.92 Å². The molecule has 6 rings (SSSR count). The van der Waals surface area contributed by atoms with E-state index in [9.17, 15) is 62.6 Å². The molecule has 6 aliphatic rings. The highest BCUT2D eigenvalue weighted by Gasteiger charge is 2.47. The van der Waals surface area contributed by atoms with Crippen LogP contribution in [0.5, 0.6) is 0 Å². The Morgan fingerprint density at radius 3 is 1.56 bits per heavy atom. The van der Waals surface area contributed by atoms with Gasteiger partial charge in [0.05, 0.1) is 13.1 Å². The van der Waals surface area contributed by atoms with E-state index in [0.29, 0.717) is 44.9 Å². The Bertz CT molecular complexity index is 2470. The predicted octanol–water partition coefficient (Wildman–Crippen LogP) is -4.86. The predicted molar refractivity (Wildman–Crippen MR) is 294 cm³/mol. The normalized spacial score (nSPS) is 23.7. The second kappa shape index (κ2) is 29.8. The van der Waals surface area contributed by atoms with Crippen LogP contribution in [0.1, 0.15) is 123 Å². The van der Waals surface area contributed by atoms with E-state index in [-0.39, 0.29) is 128 Å². The molecule has 0 bridgehead atoms. The zero-order valence-electron chi connectivity index (χ0n) is 46.9. The Hall–Kier alpha value is -7.82. The van der Waals surface area contributed by atoms with Crippen molar-refractivity contribution in [2.75, 3.05) is 58.9 Å². The van der Waals surface area contributed by atoms with E-state index < -0.39 is 138 Å². The van der Waals surface area contributed by atoms with E-state index in [1.54, 1.807) is 6.92 Å². The molecule has 10 atom stereocenters. The number of nitrogens with zero attached hydrogens (tertiary/aromatic N) is 7. The molecular formula is C52H83N17O13. The molecule has 6 fully saturated rings. The van der Waals surface area contributed by atoms with Crippen molar-refractivity contribution in [3.8, 4) is 0 Å². The summed E-state index contributed by atoms with van der Waals surface area (Å²) < 4.78 is 0. The summed E-state index contributed by atoms with van der Waals surface area (Å²) in [6.45, 7) is 4.00. The SMILES string of the molecule is CC[C@H](C)[C@H](NC(=O)[C@@H]1CCCN1C(=O)[C@@H]1CCCN1C(=O)CNC(=O)[C@@H]1CCCN1C(=O)[C@@H]1CCCN1C(=O)[C@H](CCCN=C(N)N)NC(=O)CNC(=O)[C@@H]1CCC(=O)N1)C(=O)N1CCC[C@H]1C(=O)N[C@@H](CCCN=C(N)N)C(=O)O. The van der Waals surface area contributed by atoms with Crippen LogP contribution in [0.4, 0.5) is 0 Å². The lowest BCUT2D eigenvalue weighted by Crippen LogP contribution is -2.59. The van der Waals surface area contributed by atoms with Gasteiger partial charge in [0.25, 0.3) is 0 Å². The van der Waals surface area contributed by atoms with Crippen molar-refractivity contribution >= 4 is 82.9 Å². The molecule has 82 heavy (non-hydrogen) atoms. The van der Waals surface area contributed by atoms with Crippen molar-refractivity contribution in [2.24, 2.45) is 38.8 Å². The number of nitrogens with two attached hydrogens (primary N) is 4. The molecule has 30 nitrogen and oxygen atoms in total. The molecule has 0 aromatic rings. The van der Waals surface area contributed by atoms with E-state index >= 15 is 0 Å². The van der Waals surface area contributed by atoms with Gasteiger partial charge in [-0.2, -0.15) is 0 Å². The lowest BCUT2D eigenvalue weighted by atomic mass is 9.96. The van der Waals surface area contributed by atoms with Gasteiger partial charge < -0.3 is 84.4 Å². The number of aliphatic carboxylic acids is 1. The summed E-state index contributed by atoms with van der Waals surface area (Å²) in [6.07, 6.45) is 5.39. The minimum Gasteiger partial charge on any atom is -0.480 e. The Kier molecular flexibility index (Phi) is 23.0. The zero-order chi connectivity index (χ0) is 59.8. The first-order valence-electron chi connectivity index (χ1n) is 28.7. The van der Waals surface area contributed by atoms with Crippen LogP contribution in [0.25, 0.3) is 0 Å². The summed E-state index contributed by atoms with van der Waals surface area (Å²) in [5.74, 6) is -7.78. The third-order valence-corrected chi connectivity index (χ3v) is 16.3. The number of amides is 11. The van der Waals surface area contributed by atoms with Gasteiger partial charge in [0, 0.05) is 52.2 Å². The monoisotopic (exact) mass is 1150 g/mol. The summed E-state index contributed by atoms with van der Waals surface area (Å²) in [5.41, 5.74) is 21.7. The first-order chi connectivity index (χ1) is 39.1. The van der Waals surface area contributed by atoms with Gasteiger partial charge in [-0.3, -0.25) is 62.7 Å². The number of rotatable bonds is 26. The average Bonchev–Trinajstić information content (AvgIpc) is 4.33. The van der Waals surface area contributed by atoms with Crippen LogP contribution >= 0.6 is 0 Å². The number of carboxylic acids is 1. The second-order valence-electron chi connectivity index (χ2n) is 21.9. The van der Waals surface area contributed by atoms with Crippen molar-refractivity contribution in [1.29, 1.82) is 0 Å². The minimum absolute atomic E-state index is 0.0403. The van der Waals surface area contributed by atoms with E-state index in [1.807, 2.05) is 6.92 Å². The first kappa shape index (κ1) is 63.4. The maximum atomic E-state index is 14.4. The maximum absolute atomic E-state index is 14.4. The van der Waals surface area contributed by atoms with Crippen LogP contribution < -0.4 is 54.8 Å². The molecule has 6 aliphatic heterocycles. The number of likely N-dealkylation sites (tertiary alicyclic amines) is 5. The first-order valence-corrected chi connectivity index (χ1v) is 28.7. The quantitative estimate of drug-likeness (QED) is 0.0220. The number of carboxylic acid groups (broad SMARTS) is 1. The maximum Gasteiger partial charge on any atom is 0.326 e. The van der Waals surface area contributed by atoms with Crippen molar-refractivity contribution in [1.82, 2.24) is 56.4 Å². The number of carbonyl (C=O) groups is 12. The summed E-state index contributed by atoms with van der Waals surface area (Å²) in [6, 6.07) is -9.06. The van der Waals surface area contributed by atoms with E-state index in [1.165, 1.54) is 24.5 Å². The Balaban J connectivity index is 1.03. The number of hydrogen-bond donors (Lipinski definition) is 11. The summed E-state index contributed by atoms with van der Waals surface area (Å²) >= 11 is 0. The highest BCUT2D eigenvalue weighted by Crippen LogP contribution is 2.29. The minimum atomic E-state index is -1.26. The molecule has 0 spiro atoms. The average molecular weight is 1150 g/mol. The molecule has 0 unspecified atom stereocenters. The van der Waals surface area contributed by atoms with Gasteiger partial charge in [0.2, 0.25) is 65.0 Å². The van der Waals surface area contributed by atoms with Crippen LogP contribution in [-0.2, 0) is 57.5 Å². The molecule has 6 saturated heterocycles. The highest BCUT2D eigenvalue weighted by atomic mass is 16.4. The van der Waals surface area contributed by atoms with Crippen LogP contribution in [-0.4, -0.2) is 226 Å². The van der Waals surface area contributed by atoms with Crippen molar-refractivity contribution in [3.05, 3.63) is 0 Å². The van der Waals surface area contributed by atoms with Crippen LogP contribution in [0.2, 0.25) is 0 Å². The second-order valence-corrected chi connectivity index (χ2v) is 21.9. The third kappa shape index (κ3) is 16.4. The number of nitrogens with one attached hydrogen (secondary N) is 6. The molecule has 0 aliphatic carbocycles. The molecule has 454 valence electrons. The standard InChI is InChI=1S/C52H83N17O13/c1-3-29(2)41(49(80)68-25-8-14-34(68)44(75)63-32(50(81)82)12-5-21-58-52(55)56)64-45(76)35-15-7-24-67(35)47(78)36-16-9-22-65(36)40(72)28-60-43(74)33-13-6-23-66(33)48(79)37-17-10-26-69(37)46(77)31(11-4-20-57-51(53)54)62-39(71)27-59-42(73)30-18-19-38(70)61-30/h29-37,41H,3-28H2,1-2H3,(H,59,73)(H,60,74)(H,61,70)(H,62,71)(H,63,75)(H,64,76)(H,81,82)(H4,53,54,57)(H4,55,56,58)/t29-,30-,31-,32-,33-,34-,35-,36-,37-,41-/m0/s1. The van der Waals surface area contributed by atoms with Crippen molar-refractivity contribution in [3.63, 3.8) is 0 Å². The number of guanidine groups is 2. The molecule has 30 heteroatoms. The molecule has 0 aromatic heterocycles. The molecular weight excluding hydrogens is 1070 g/mol. The number of carbonyl (C=O) groups excluding carboxylic acids is 11. The van der Waals surface area contributed by atoms with Gasteiger partial charge in [-0.25, -0.2) is 4.79 Å². The van der Waals surface area contributed by atoms with Gasteiger partial charge in [-0.1, -0.05) is 20.3 Å². The van der Waals surface area contributed by atoms with Crippen molar-refractivity contribution in [2.45, 2.75) is 177 Å². The van der Waals surface area contributed by atoms with Gasteiger partial charge in [0.1, 0.15) is 54.4 Å². The third-order valence-electron chi connectivity index (χ3n) is 16.3. The molecule has 0 saturated carbocycles. The molecule has 15 N–H and O–H groups in total. The molecule has 0 radical (unpaired) electrons. The van der Waals surface area contributed by atoms with Crippen LogP contribution in [0.15, 0.2) is 9.98 Å². The van der Waals surface area contributed by atoms with Crippen molar-refractivity contribution < 1.29 is 62.6 Å². The lowest BCUT2D eigenvalue weighted by Gasteiger charge is -2.34. The fraction of sp³-hybridized carbons (Fsp3) is 0.731. The Labute approximate surface area is 475 Å². The van der Waals surface area contributed by atoms with Gasteiger partial charge >= 0.3 is 5.97 Å². The molecule has 6 heterocycles. The fourth-order valence-electron chi connectivity index (χ4n) is 11.7. The summed E-state index contributed by atoms with van der Waals surface area (Å²) in [5, 5.41) is 25.6. The summed E-state index contributed by atoms with van der Waals surface area (Å²) in [7, 11) is 0. The van der Waals surface area contributed by atoms with Gasteiger partial charge in [0.15, 0.2) is 11.9 Å². The number of aliphatic imine (C=N–C) groups is 2. The van der Waals surface area contributed by atoms with Gasteiger partial charge in [-0.05, 0) is 102 Å². The smallest absolute Gasteiger partial charge is 0.326 e. The van der Waals surface area contributed by atoms with E-state index in [2.05, 4.69) is 41.9 Å². The molecule has 11 amide bonds. The largest absolute Gasteiger partial charge is 0.480 e. The lowest BCUT2D eigenvalue weighted by molar-refractivity contribution is -0.149. The van der Waals surface area contributed by atoms with E-state index in [0.717, 1.165) is 0 Å². The number of hydrogen-bond acceptors (Lipinski definition) is 14.